The van der Waals surface area contributed by atoms with Gasteiger partial charge in [-0.05, 0) is 29.5 Å². The first kappa shape index (κ1) is 9.00. The summed E-state index contributed by atoms with van der Waals surface area (Å²) in [5.74, 6) is -0.266. The fraction of sp³-hybridized carbons (Fsp3) is 0.250. The van der Waals surface area contributed by atoms with Crippen molar-refractivity contribution in [2.24, 2.45) is 5.73 Å². The molecule has 1 aromatic rings. The molecule has 0 heterocycles. The first-order chi connectivity index (χ1) is 6.77. The molecular formula is C12H15NO. The molecule has 1 aliphatic carbocycles. The van der Waals surface area contributed by atoms with Gasteiger partial charge >= 0.3 is 0 Å². The van der Waals surface area contributed by atoms with Crippen molar-refractivity contribution in [2.75, 3.05) is 0 Å². The molecule has 0 fully saturated rings. The molecule has 0 aliphatic heterocycles. The van der Waals surface area contributed by atoms with E-state index in [4.69, 9.17) is 5.73 Å². The first-order valence-corrected chi connectivity index (χ1v) is 4.83. The minimum Gasteiger partial charge on any atom is -0.369 e. The SMILES string of the molecule is NC(=O)Cc1cccc2c1C=CCC2.[HH]. The van der Waals surface area contributed by atoms with Gasteiger partial charge in [0.05, 0.1) is 6.42 Å². The molecule has 0 saturated carbocycles. The third-order valence-electron chi connectivity index (χ3n) is 2.52. The molecule has 0 aromatic heterocycles. The van der Waals surface area contributed by atoms with Crippen LogP contribution in [0.4, 0.5) is 0 Å². The molecule has 0 saturated heterocycles. The average Bonchev–Trinajstić information content (AvgIpc) is 2.18. The summed E-state index contributed by atoms with van der Waals surface area (Å²) in [6, 6.07) is 6.08. The van der Waals surface area contributed by atoms with Crippen molar-refractivity contribution in [1.82, 2.24) is 0 Å². The highest BCUT2D eigenvalue weighted by atomic mass is 16.1. The van der Waals surface area contributed by atoms with Crippen molar-refractivity contribution in [3.63, 3.8) is 0 Å². The Morgan fingerprint density at radius 1 is 1.50 bits per heavy atom. The molecular weight excluding hydrogens is 174 g/mol. The van der Waals surface area contributed by atoms with Gasteiger partial charge in [0.25, 0.3) is 0 Å². The number of fused-ring (bicyclic) bond motifs is 1. The van der Waals surface area contributed by atoms with Crippen LogP contribution in [0.5, 0.6) is 0 Å². The van der Waals surface area contributed by atoms with Gasteiger partial charge in [0, 0.05) is 1.43 Å². The highest BCUT2D eigenvalue weighted by Crippen LogP contribution is 2.22. The van der Waals surface area contributed by atoms with Crippen LogP contribution in [-0.4, -0.2) is 5.91 Å². The minimum absolute atomic E-state index is 0. The maximum absolute atomic E-state index is 10.9. The van der Waals surface area contributed by atoms with Crippen molar-refractivity contribution >= 4 is 12.0 Å². The smallest absolute Gasteiger partial charge is 0.221 e. The van der Waals surface area contributed by atoms with Crippen LogP contribution in [0, 0.1) is 0 Å². The Kier molecular flexibility index (Phi) is 2.35. The Bertz CT molecular complexity index is 399. The summed E-state index contributed by atoms with van der Waals surface area (Å²) in [4.78, 5) is 10.9. The Morgan fingerprint density at radius 3 is 3.14 bits per heavy atom. The van der Waals surface area contributed by atoms with Gasteiger partial charge in [0.2, 0.25) is 5.91 Å². The van der Waals surface area contributed by atoms with Gasteiger partial charge in [0.1, 0.15) is 0 Å². The van der Waals surface area contributed by atoms with Gasteiger partial charge in [-0.15, -0.1) is 0 Å². The summed E-state index contributed by atoms with van der Waals surface area (Å²) in [6.07, 6.45) is 6.74. The number of benzene rings is 1. The van der Waals surface area contributed by atoms with Crippen molar-refractivity contribution in [3.8, 4) is 0 Å². The maximum Gasteiger partial charge on any atom is 0.221 e. The molecule has 1 aliphatic rings. The lowest BCUT2D eigenvalue weighted by Crippen LogP contribution is -2.15. The first-order valence-electron chi connectivity index (χ1n) is 4.83. The fourth-order valence-corrected chi connectivity index (χ4v) is 1.88. The van der Waals surface area contributed by atoms with E-state index < -0.39 is 0 Å². The number of amides is 1. The number of hydrogen-bond acceptors (Lipinski definition) is 1. The van der Waals surface area contributed by atoms with Gasteiger partial charge in [0.15, 0.2) is 0 Å². The highest BCUT2D eigenvalue weighted by Gasteiger charge is 2.09. The third-order valence-corrected chi connectivity index (χ3v) is 2.52. The van der Waals surface area contributed by atoms with Crippen LogP contribution < -0.4 is 5.73 Å². The van der Waals surface area contributed by atoms with E-state index in [1.54, 1.807) is 0 Å². The molecule has 0 radical (unpaired) electrons. The summed E-state index contributed by atoms with van der Waals surface area (Å²) in [7, 11) is 0. The van der Waals surface area contributed by atoms with Crippen LogP contribution in [0.25, 0.3) is 6.08 Å². The Balaban J connectivity index is 0.00000112. The quantitative estimate of drug-likeness (QED) is 0.758. The number of primary amides is 1. The van der Waals surface area contributed by atoms with E-state index in [0.717, 1.165) is 18.4 Å². The molecule has 0 unspecified atom stereocenters. The number of rotatable bonds is 2. The molecule has 2 N–H and O–H groups in total. The minimum atomic E-state index is -0.266. The van der Waals surface area contributed by atoms with Gasteiger partial charge in [-0.2, -0.15) is 0 Å². The third kappa shape index (κ3) is 1.69. The molecule has 1 aromatic carbocycles. The Hall–Kier alpha value is -1.57. The molecule has 0 bridgehead atoms. The second-order valence-corrected chi connectivity index (χ2v) is 3.57. The zero-order valence-corrected chi connectivity index (χ0v) is 7.99. The molecule has 0 atom stereocenters. The lowest BCUT2D eigenvalue weighted by molar-refractivity contribution is -0.117. The maximum atomic E-state index is 10.9. The average molecular weight is 189 g/mol. The number of aryl methyl sites for hydroxylation is 1. The fourth-order valence-electron chi connectivity index (χ4n) is 1.88. The monoisotopic (exact) mass is 189 g/mol. The molecule has 14 heavy (non-hydrogen) atoms. The molecule has 2 nitrogen and oxygen atoms in total. The zero-order chi connectivity index (χ0) is 9.97. The van der Waals surface area contributed by atoms with Crippen LogP contribution in [0.1, 0.15) is 24.5 Å². The lowest BCUT2D eigenvalue weighted by atomic mass is 9.92. The van der Waals surface area contributed by atoms with Crippen molar-refractivity contribution < 1.29 is 6.22 Å². The standard InChI is InChI=1S/C12H13NO.H2/c13-12(14)8-10-6-3-5-9-4-1-2-7-11(9)10;/h2-3,5-7H,1,4,8H2,(H2,13,14);1H. The number of hydrogen-bond donors (Lipinski definition) is 1. The largest absolute Gasteiger partial charge is 0.369 e. The van der Waals surface area contributed by atoms with Crippen molar-refractivity contribution in [2.45, 2.75) is 19.3 Å². The summed E-state index contributed by atoms with van der Waals surface area (Å²) < 4.78 is 0. The summed E-state index contributed by atoms with van der Waals surface area (Å²) in [5, 5.41) is 0. The van der Waals surface area contributed by atoms with E-state index in [-0.39, 0.29) is 7.33 Å². The Labute approximate surface area is 84.9 Å². The van der Waals surface area contributed by atoms with Crippen molar-refractivity contribution in [3.05, 3.63) is 41.0 Å². The van der Waals surface area contributed by atoms with Crippen LogP contribution in [0.15, 0.2) is 24.3 Å². The van der Waals surface area contributed by atoms with Gasteiger partial charge < -0.3 is 5.73 Å². The van der Waals surface area contributed by atoms with Crippen LogP contribution in [0.3, 0.4) is 0 Å². The van der Waals surface area contributed by atoms with E-state index in [2.05, 4.69) is 18.2 Å². The van der Waals surface area contributed by atoms with Crippen LogP contribution in [-0.2, 0) is 17.6 Å². The molecule has 2 heteroatoms. The van der Waals surface area contributed by atoms with E-state index in [9.17, 15) is 4.79 Å². The second kappa shape index (κ2) is 3.66. The highest BCUT2D eigenvalue weighted by molar-refractivity contribution is 5.78. The number of carbonyl (C=O) groups is 1. The summed E-state index contributed by atoms with van der Waals surface area (Å²) in [6.45, 7) is 0. The topological polar surface area (TPSA) is 43.1 Å². The van der Waals surface area contributed by atoms with Gasteiger partial charge in [-0.1, -0.05) is 30.4 Å². The predicted molar refractivity (Wildman–Crippen MR) is 58.8 cm³/mol. The molecule has 0 spiro atoms. The van der Waals surface area contributed by atoms with E-state index >= 15 is 0 Å². The Morgan fingerprint density at radius 2 is 2.36 bits per heavy atom. The number of nitrogens with two attached hydrogens (primary N) is 1. The van der Waals surface area contributed by atoms with Gasteiger partial charge in [-0.3, -0.25) is 4.79 Å². The molecule has 74 valence electrons. The number of allylic oxidation sites excluding steroid dienone is 1. The zero-order valence-electron chi connectivity index (χ0n) is 7.99. The molecule has 1 amide bonds. The van der Waals surface area contributed by atoms with E-state index in [1.165, 1.54) is 11.1 Å². The van der Waals surface area contributed by atoms with E-state index in [1.807, 2.05) is 12.1 Å². The summed E-state index contributed by atoms with van der Waals surface area (Å²) >= 11 is 0. The van der Waals surface area contributed by atoms with Crippen LogP contribution in [0.2, 0.25) is 0 Å². The van der Waals surface area contributed by atoms with Crippen molar-refractivity contribution in [1.29, 1.82) is 0 Å². The normalized spacial score (nSPS) is 13.7. The second-order valence-electron chi connectivity index (χ2n) is 3.57. The summed E-state index contributed by atoms with van der Waals surface area (Å²) in [5.41, 5.74) is 8.76. The lowest BCUT2D eigenvalue weighted by Gasteiger charge is -2.13. The van der Waals surface area contributed by atoms with Crippen LogP contribution >= 0.6 is 0 Å². The predicted octanol–water partition coefficient (Wildman–Crippen LogP) is 1.92. The van der Waals surface area contributed by atoms with Gasteiger partial charge in [-0.25, -0.2) is 0 Å². The number of carbonyl (C=O) groups excluding carboxylic acids is 1. The molecule has 2 rings (SSSR count). The van der Waals surface area contributed by atoms with E-state index in [0.29, 0.717) is 6.42 Å².